The van der Waals surface area contributed by atoms with Gasteiger partial charge in [0.1, 0.15) is 0 Å². The first kappa shape index (κ1) is 9.01. The number of allylic oxidation sites excluding steroid dienone is 1. The first-order chi connectivity index (χ1) is 5.93. The molecule has 0 aliphatic rings. The zero-order valence-corrected chi connectivity index (χ0v) is 7.07. The highest BCUT2D eigenvalue weighted by Gasteiger charge is 1.82. The molecule has 0 bridgehead atoms. The molecule has 63 valence electrons. The van der Waals surface area contributed by atoms with Crippen LogP contribution in [0.4, 0.5) is 0 Å². The third kappa shape index (κ3) is 3.35. The Morgan fingerprint density at radius 1 is 1.17 bits per heavy atom. The van der Waals surface area contributed by atoms with Crippen LogP contribution in [0.2, 0.25) is 0 Å². The lowest BCUT2D eigenvalue weighted by molar-refractivity contribution is 0.190. The molecule has 0 spiro atoms. The van der Waals surface area contributed by atoms with E-state index in [1.54, 1.807) is 0 Å². The molecule has 0 saturated heterocycles. The summed E-state index contributed by atoms with van der Waals surface area (Å²) in [6, 6.07) is 10.1. The largest absolute Gasteiger partial charge is 0.237 e. The minimum absolute atomic E-state index is 0.0269. The standard InChI is InChI=1S/C11H13O/c12-10-6-2-5-9-11-7-3-1-4-8-11/h1,3-5,7-9H,2,6,10H2. The normalized spacial score (nSPS) is 10.8. The van der Waals surface area contributed by atoms with Gasteiger partial charge in [-0.1, -0.05) is 42.5 Å². The first-order valence-corrected chi connectivity index (χ1v) is 4.23. The van der Waals surface area contributed by atoms with Crippen molar-refractivity contribution < 1.29 is 5.11 Å². The van der Waals surface area contributed by atoms with Crippen LogP contribution in [0.1, 0.15) is 18.4 Å². The molecule has 0 unspecified atom stereocenters. The maximum Gasteiger partial charge on any atom is 0.0825 e. The SMILES string of the molecule is [O]CCCC=Cc1ccccc1. The second kappa shape index (κ2) is 5.56. The summed E-state index contributed by atoms with van der Waals surface area (Å²) in [6.07, 6.45) is 5.73. The fraction of sp³-hybridized carbons (Fsp3) is 0.273. The summed E-state index contributed by atoms with van der Waals surface area (Å²) in [7, 11) is 0. The molecule has 0 fully saturated rings. The van der Waals surface area contributed by atoms with Crippen LogP contribution in [0.5, 0.6) is 0 Å². The molecule has 0 aromatic heterocycles. The molecule has 0 aliphatic heterocycles. The van der Waals surface area contributed by atoms with Gasteiger partial charge in [0, 0.05) is 0 Å². The molecule has 1 rings (SSSR count). The summed E-state index contributed by atoms with van der Waals surface area (Å²) < 4.78 is 0. The van der Waals surface area contributed by atoms with E-state index in [1.165, 1.54) is 5.56 Å². The van der Waals surface area contributed by atoms with Crippen LogP contribution in [0.15, 0.2) is 36.4 Å². The van der Waals surface area contributed by atoms with E-state index < -0.39 is 0 Å². The molecule has 0 aliphatic carbocycles. The Balaban J connectivity index is 2.36. The summed E-state index contributed by atoms with van der Waals surface area (Å²) in [5.74, 6) is 0. The van der Waals surface area contributed by atoms with Crippen LogP contribution in [0.3, 0.4) is 0 Å². The first-order valence-electron chi connectivity index (χ1n) is 4.23. The number of unbranched alkanes of at least 4 members (excludes halogenated alkanes) is 1. The fourth-order valence-electron chi connectivity index (χ4n) is 0.985. The van der Waals surface area contributed by atoms with Crippen LogP contribution < -0.4 is 0 Å². The van der Waals surface area contributed by atoms with Crippen molar-refractivity contribution in [2.24, 2.45) is 0 Å². The average Bonchev–Trinajstić information content (AvgIpc) is 2.14. The van der Waals surface area contributed by atoms with Gasteiger partial charge in [-0.05, 0) is 18.4 Å². The Kier molecular flexibility index (Phi) is 4.17. The Labute approximate surface area is 73.4 Å². The van der Waals surface area contributed by atoms with Crippen LogP contribution in [0.25, 0.3) is 6.08 Å². The molecule has 1 aromatic rings. The highest BCUT2D eigenvalue weighted by atomic mass is 16.2. The fourth-order valence-corrected chi connectivity index (χ4v) is 0.985. The topological polar surface area (TPSA) is 19.9 Å². The Morgan fingerprint density at radius 3 is 2.58 bits per heavy atom. The summed E-state index contributed by atoms with van der Waals surface area (Å²) >= 11 is 0. The van der Waals surface area contributed by atoms with Crippen molar-refractivity contribution in [1.82, 2.24) is 0 Å². The van der Waals surface area contributed by atoms with Crippen LogP contribution in [-0.4, -0.2) is 6.61 Å². The van der Waals surface area contributed by atoms with E-state index in [-0.39, 0.29) is 6.61 Å². The molecular formula is C11H13O. The zero-order chi connectivity index (χ0) is 8.65. The van der Waals surface area contributed by atoms with Gasteiger partial charge in [-0.2, -0.15) is 0 Å². The van der Waals surface area contributed by atoms with Gasteiger partial charge in [-0.25, -0.2) is 5.11 Å². The highest BCUT2D eigenvalue weighted by Crippen LogP contribution is 2.02. The quantitative estimate of drug-likeness (QED) is 0.605. The highest BCUT2D eigenvalue weighted by molar-refractivity contribution is 5.48. The van der Waals surface area contributed by atoms with Crippen LogP contribution >= 0.6 is 0 Å². The van der Waals surface area contributed by atoms with Crippen molar-refractivity contribution in [3.05, 3.63) is 42.0 Å². The third-order valence-electron chi connectivity index (χ3n) is 1.63. The maximum atomic E-state index is 10.1. The summed E-state index contributed by atoms with van der Waals surface area (Å²) in [6.45, 7) is 0.0269. The van der Waals surface area contributed by atoms with Gasteiger partial charge < -0.3 is 0 Å². The molecule has 1 radical (unpaired) electrons. The molecule has 0 atom stereocenters. The Hall–Kier alpha value is -1.08. The van der Waals surface area contributed by atoms with E-state index in [0.29, 0.717) is 0 Å². The molecule has 1 nitrogen and oxygen atoms in total. The Morgan fingerprint density at radius 2 is 1.92 bits per heavy atom. The van der Waals surface area contributed by atoms with Gasteiger partial charge in [0.25, 0.3) is 0 Å². The van der Waals surface area contributed by atoms with E-state index in [1.807, 2.05) is 36.4 Å². The van der Waals surface area contributed by atoms with Crippen LogP contribution in [-0.2, 0) is 5.11 Å². The van der Waals surface area contributed by atoms with E-state index in [2.05, 4.69) is 6.08 Å². The minimum atomic E-state index is 0.0269. The molecule has 0 amide bonds. The number of rotatable bonds is 4. The number of benzene rings is 1. The lowest BCUT2D eigenvalue weighted by Crippen LogP contribution is -1.76. The second-order valence-electron chi connectivity index (χ2n) is 2.66. The van der Waals surface area contributed by atoms with Gasteiger partial charge in [-0.15, -0.1) is 0 Å². The minimum Gasteiger partial charge on any atom is -0.237 e. The van der Waals surface area contributed by atoms with E-state index in [9.17, 15) is 5.11 Å². The van der Waals surface area contributed by atoms with Gasteiger partial charge in [0.15, 0.2) is 0 Å². The van der Waals surface area contributed by atoms with Crippen molar-refractivity contribution in [2.45, 2.75) is 12.8 Å². The van der Waals surface area contributed by atoms with Gasteiger partial charge in [0.05, 0.1) is 6.61 Å². The molecule has 1 heteroatoms. The summed E-state index contributed by atoms with van der Waals surface area (Å²) in [4.78, 5) is 0. The van der Waals surface area contributed by atoms with Crippen molar-refractivity contribution in [2.75, 3.05) is 6.61 Å². The zero-order valence-electron chi connectivity index (χ0n) is 7.07. The van der Waals surface area contributed by atoms with E-state index in [0.717, 1.165) is 12.8 Å². The smallest absolute Gasteiger partial charge is 0.0825 e. The monoisotopic (exact) mass is 161 g/mol. The molecule has 12 heavy (non-hydrogen) atoms. The predicted molar refractivity (Wildman–Crippen MR) is 50.3 cm³/mol. The van der Waals surface area contributed by atoms with Crippen molar-refractivity contribution >= 4 is 6.08 Å². The molecule has 1 aromatic carbocycles. The maximum absolute atomic E-state index is 10.1. The van der Waals surface area contributed by atoms with Gasteiger partial charge in [0.2, 0.25) is 0 Å². The predicted octanol–water partition coefficient (Wildman–Crippen LogP) is 2.91. The average molecular weight is 161 g/mol. The van der Waals surface area contributed by atoms with E-state index >= 15 is 0 Å². The van der Waals surface area contributed by atoms with Crippen molar-refractivity contribution in [1.29, 1.82) is 0 Å². The molecular weight excluding hydrogens is 148 g/mol. The lowest BCUT2D eigenvalue weighted by Gasteiger charge is -1.90. The summed E-state index contributed by atoms with van der Waals surface area (Å²) in [5.41, 5.74) is 1.20. The lowest BCUT2D eigenvalue weighted by atomic mass is 10.2. The van der Waals surface area contributed by atoms with Crippen molar-refractivity contribution in [3.8, 4) is 0 Å². The van der Waals surface area contributed by atoms with Crippen molar-refractivity contribution in [3.63, 3.8) is 0 Å². The van der Waals surface area contributed by atoms with E-state index in [4.69, 9.17) is 0 Å². The van der Waals surface area contributed by atoms with Gasteiger partial charge >= 0.3 is 0 Å². The number of hydrogen-bond donors (Lipinski definition) is 0. The number of hydrogen-bond acceptors (Lipinski definition) is 0. The molecule has 0 heterocycles. The summed E-state index contributed by atoms with van der Waals surface area (Å²) in [5, 5.41) is 10.1. The third-order valence-corrected chi connectivity index (χ3v) is 1.63. The second-order valence-corrected chi connectivity index (χ2v) is 2.66. The van der Waals surface area contributed by atoms with Gasteiger partial charge in [-0.3, -0.25) is 0 Å². The van der Waals surface area contributed by atoms with Crippen LogP contribution in [0, 0.1) is 0 Å². The molecule has 0 saturated carbocycles. The molecule has 0 N–H and O–H groups in total. The Bertz CT molecular complexity index is 226.